The Morgan fingerprint density at radius 2 is 2.05 bits per heavy atom. The van der Waals surface area contributed by atoms with E-state index in [2.05, 4.69) is 5.10 Å². The molecule has 0 atom stereocenters. The minimum Gasteiger partial charge on any atom is -0.477 e. The predicted molar refractivity (Wildman–Crippen MR) is 73.2 cm³/mol. The zero-order valence-electron chi connectivity index (χ0n) is 10.6. The van der Waals surface area contributed by atoms with E-state index in [9.17, 15) is 18.0 Å². The second-order valence-electron chi connectivity index (χ2n) is 4.28. The van der Waals surface area contributed by atoms with Gasteiger partial charge in [0.2, 0.25) is 0 Å². The maximum atomic E-state index is 11.8. The number of aryl methyl sites for hydroxylation is 1. The molecule has 1 heterocycles. The molecule has 0 spiro atoms. The van der Waals surface area contributed by atoms with Crippen molar-refractivity contribution in [3.8, 4) is 0 Å². The van der Waals surface area contributed by atoms with Gasteiger partial charge in [-0.15, -0.1) is 0 Å². The molecule has 8 nitrogen and oxygen atoms in total. The standard InChI is InChI=1S/C11H9ClN2O6S/c1-5-2-6(21(18,19)20)3-7(12)10(5)14-9(15)4-8(13-14)11(16)17/h2-3H,4H2,1H3,(H,16,17)(H,18,19,20). The van der Waals surface area contributed by atoms with Gasteiger partial charge in [0.05, 0.1) is 22.0 Å². The van der Waals surface area contributed by atoms with Crippen molar-refractivity contribution in [2.45, 2.75) is 18.2 Å². The van der Waals surface area contributed by atoms with Crippen LogP contribution in [0.4, 0.5) is 5.69 Å². The van der Waals surface area contributed by atoms with Crippen molar-refractivity contribution in [1.29, 1.82) is 0 Å². The van der Waals surface area contributed by atoms with Crippen molar-refractivity contribution in [2.75, 3.05) is 5.01 Å². The molecule has 10 heteroatoms. The molecule has 2 rings (SSSR count). The van der Waals surface area contributed by atoms with Gasteiger partial charge in [-0.3, -0.25) is 9.35 Å². The molecule has 0 fully saturated rings. The summed E-state index contributed by atoms with van der Waals surface area (Å²) in [6.45, 7) is 1.46. The first-order chi connectivity index (χ1) is 9.61. The van der Waals surface area contributed by atoms with Gasteiger partial charge >= 0.3 is 5.97 Å². The van der Waals surface area contributed by atoms with Crippen LogP contribution in [0.25, 0.3) is 0 Å². The van der Waals surface area contributed by atoms with Crippen LogP contribution in [-0.4, -0.2) is 35.7 Å². The minimum absolute atomic E-state index is 0.0744. The Hall–Kier alpha value is -1.97. The summed E-state index contributed by atoms with van der Waals surface area (Å²) in [5.74, 6) is -1.92. The van der Waals surface area contributed by atoms with Gasteiger partial charge in [0.15, 0.2) is 5.71 Å². The molecule has 0 bridgehead atoms. The van der Waals surface area contributed by atoms with Crippen LogP contribution in [0, 0.1) is 6.92 Å². The zero-order chi connectivity index (χ0) is 15.9. The fourth-order valence-electron chi connectivity index (χ4n) is 1.85. The first kappa shape index (κ1) is 15.4. The van der Waals surface area contributed by atoms with E-state index >= 15 is 0 Å². The largest absolute Gasteiger partial charge is 0.477 e. The lowest BCUT2D eigenvalue weighted by molar-refractivity contribution is -0.129. The highest BCUT2D eigenvalue weighted by Crippen LogP contribution is 2.34. The number of anilines is 1. The highest BCUT2D eigenvalue weighted by Gasteiger charge is 2.31. The lowest BCUT2D eigenvalue weighted by atomic mass is 10.2. The van der Waals surface area contributed by atoms with Gasteiger partial charge in [0, 0.05) is 0 Å². The van der Waals surface area contributed by atoms with Crippen molar-refractivity contribution in [3.05, 3.63) is 22.7 Å². The molecule has 1 aliphatic heterocycles. The van der Waals surface area contributed by atoms with E-state index < -0.39 is 26.9 Å². The predicted octanol–water partition coefficient (Wildman–Crippen LogP) is 1.07. The highest BCUT2D eigenvalue weighted by atomic mass is 35.5. The number of carboxylic acid groups (broad SMARTS) is 1. The summed E-state index contributed by atoms with van der Waals surface area (Å²) in [4.78, 5) is 22.2. The lowest BCUT2D eigenvalue weighted by Crippen LogP contribution is -2.21. The summed E-state index contributed by atoms with van der Waals surface area (Å²) in [6.07, 6.45) is -0.384. The topological polar surface area (TPSA) is 124 Å². The number of halogens is 1. The molecule has 112 valence electrons. The number of hydrazone groups is 1. The summed E-state index contributed by atoms with van der Waals surface area (Å²) in [5, 5.41) is 13.2. The number of amides is 1. The fourth-order valence-corrected chi connectivity index (χ4v) is 2.85. The normalized spacial score (nSPS) is 15.3. The van der Waals surface area contributed by atoms with Crippen LogP contribution in [-0.2, 0) is 19.7 Å². The molecule has 1 aromatic rings. The van der Waals surface area contributed by atoms with E-state index in [1.807, 2.05) is 0 Å². The maximum absolute atomic E-state index is 11.8. The summed E-state index contributed by atoms with van der Waals surface area (Å²) < 4.78 is 31.2. The van der Waals surface area contributed by atoms with Gasteiger partial charge in [-0.25, -0.2) is 4.79 Å². The first-order valence-corrected chi connectivity index (χ1v) is 7.34. The number of carboxylic acids is 1. The minimum atomic E-state index is -4.44. The van der Waals surface area contributed by atoms with Gasteiger partial charge in [-0.1, -0.05) is 11.6 Å². The molecule has 0 saturated carbocycles. The molecule has 1 aliphatic rings. The Morgan fingerprint density at radius 3 is 2.48 bits per heavy atom. The van der Waals surface area contributed by atoms with Crippen molar-refractivity contribution in [2.24, 2.45) is 5.10 Å². The molecular formula is C11H9ClN2O6S. The summed E-state index contributed by atoms with van der Waals surface area (Å²) >= 11 is 5.93. The molecule has 1 amide bonds. The van der Waals surface area contributed by atoms with E-state index in [-0.39, 0.29) is 28.4 Å². The third-order valence-corrected chi connectivity index (χ3v) is 3.88. The highest BCUT2D eigenvalue weighted by molar-refractivity contribution is 7.85. The number of benzene rings is 1. The van der Waals surface area contributed by atoms with Crippen LogP contribution in [0.15, 0.2) is 22.1 Å². The van der Waals surface area contributed by atoms with Crippen LogP contribution in [0.2, 0.25) is 5.02 Å². The second kappa shape index (κ2) is 5.10. The SMILES string of the molecule is Cc1cc(S(=O)(=O)O)cc(Cl)c1N1N=C(C(=O)O)CC1=O. The molecule has 0 saturated heterocycles. The molecule has 0 aliphatic carbocycles. The van der Waals surface area contributed by atoms with Gasteiger partial charge in [0.1, 0.15) is 0 Å². The lowest BCUT2D eigenvalue weighted by Gasteiger charge is -2.17. The summed E-state index contributed by atoms with van der Waals surface area (Å²) in [6, 6.07) is 2.07. The Morgan fingerprint density at radius 1 is 1.43 bits per heavy atom. The number of rotatable bonds is 3. The van der Waals surface area contributed by atoms with Crippen LogP contribution in [0.5, 0.6) is 0 Å². The van der Waals surface area contributed by atoms with Gasteiger partial charge < -0.3 is 5.11 Å². The summed E-state index contributed by atoms with van der Waals surface area (Å²) in [5.41, 5.74) is -0.0153. The molecule has 21 heavy (non-hydrogen) atoms. The van der Waals surface area contributed by atoms with Crippen LogP contribution in [0.3, 0.4) is 0 Å². The Labute approximate surface area is 124 Å². The van der Waals surface area contributed by atoms with Crippen LogP contribution in [0.1, 0.15) is 12.0 Å². The average Bonchev–Trinajstić information content (AvgIpc) is 2.69. The van der Waals surface area contributed by atoms with Crippen molar-refractivity contribution >= 4 is 45.0 Å². The Kier molecular flexibility index (Phi) is 3.74. The van der Waals surface area contributed by atoms with Gasteiger partial charge in [-0.05, 0) is 24.6 Å². The third kappa shape index (κ3) is 2.89. The van der Waals surface area contributed by atoms with E-state index in [0.717, 1.165) is 17.1 Å². The van der Waals surface area contributed by atoms with Crippen LogP contribution < -0.4 is 5.01 Å². The van der Waals surface area contributed by atoms with Gasteiger partial charge in [0.25, 0.3) is 16.0 Å². The van der Waals surface area contributed by atoms with E-state index in [4.69, 9.17) is 21.3 Å². The van der Waals surface area contributed by atoms with E-state index in [1.54, 1.807) is 0 Å². The number of carbonyl (C=O) groups is 2. The molecule has 0 unspecified atom stereocenters. The third-order valence-electron chi connectivity index (χ3n) is 2.76. The number of hydrogen-bond donors (Lipinski definition) is 2. The van der Waals surface area contributed by atoms with E-state index in [0.29, 0.717) is 0 Å². The number of hydrogen-bond acceptors (Lipinski definition) is 5. The smallest absolute Gasteiger partial charge is 0.352 e. The maximum Gasteiger partial charge on any atom is 0.352 e. The second-order valence-corrected chi connectivity index (χ2v) is 6.11. The molecule has 0 aromatic heterocycles. The van der Waals surface area contributed by atoms with Gasteiger partial charge in [-0.2, -0.15) is 18.5 Å². The Balaban J connectivity index is 2.56. The molecular weight excluding hydrogens is 324 g/mol. The quantitative estimate of drug-likeness (QED) is 0.798. The van der Waals surface area contributed by atoms with Crippen molar-refractivity contribution in [3.63, 3.8) is 0 Å². The number of nitrogens with zero attached hydrogens (tertiary/aromatic N) is 2. The van der Waals surface area contributed by atoms with Crippen LogP contribution >= 0.6 is 11.6 Å². The summed E-state index contributed by atoms with van der Waals surface area (Å²) in [7, 11) is -4.44. The number of carbonyl (C=O) groups excluding carboxylic acids is 1. The Bertz CT molecular complexity index is 763. The molecule has 2 N–H and O–H groups in total. The number of aliphatic carboxylic acids is 1. The van der Waals surface area contributed by atoms with Crippen molar-refractivity contribution < 1.29 is 27.7 Å². The zero-order valence-corrected chi connectivity index (χ0v) is 12.1. The molecule has 0 radical (unpaired) electrons. The fraction of sp³-hybridized carbons (Fsp3) is 0.182. The first-order valence-electron chi connectivity index (χ1n) is 5.52. The average molecular weight is 333 g/mol. The van der Waals surface area contributed by atoms with Crippen molar-refractivity contribution in [1.82, 2.24) is 0 Å². The monoisotopic (exact) mass is 332 g/mol. The van der Waals surface area contributed by atoms with E-state index in [1.165, 1.54) is 6.92 Å². The molecule has 1 aromatic carbocycles.